The zero-order valence-corrected chi connectivity index (χ0v) is 23.8. The van der Waals surface area contributed by atoms with E-state index in [4.69, 9.17) is 11.6 Å². The minimum atomic E-state index is -4.10. The average molecular weight is 569 g/mol. The van der Waals surface area contributed by atoms with E-state index in [0.29, 0.717) is 16.5 Å². The van der Waals surface area contributed by atoms with E-state index in [0.717, 1.165) is 37.2 Å². The van der Waals surface area contributed by atoms with Crippen LogP contribution < -0.4 is 15.5 Å². The number of sulfone groups is 1. The van der Waals surface area contributed by atoms with Crippen molar-refractivity contribution in [2.75, 3.05) is 24.3 Å². The van der Waals surface area contributed by atoms with Gasteiger partial charge >= 0.3 is 0 Å². The zero-order valence-electron chi connectivity index (χ0n) is 22.3. The van der Waals surface area contributed by atoms with Crippen molar-refractivity contribution in [2.24, 2.45) is 0 Å². The first-order chi connectivity index (χ1) is 18.6. The van der Waals surface area contributed by atoms with E-state index in [1.54, 1.807) is 30.3 Å². The van der Waals surface area contributed by atoms with Crippen molar-refractivity contribution < 1.29 is 13.2 Å². The highest BCUT2D eigenvalue weighted by atomic mass is 35.5. The summed E-state index contributed by atoms with van der Waals surface area (Å²) in [6.07, 6.45) is 5.74. The molecule has 0 aliphatic heterocycles. The first-order valence-electron chi connectivity index (χ1n) is 12.8. The fourth-order valence-electron chi connectivity index (χ4n) is 4.71. The lowest BCUT2D eigenvalue weighted by Crippen LogP contribution is -2.40. The molecule has 1 aliphatic rings. The Morgan fingerprint density at radius 3 is 2.46 bits per heavy atom. The van der Waals surface area contributed by atoms with Crippen LogP contribution >= 0.6 is 11.6 Å². The van der Waals surface area contributed by atoms with Gasteiger partial charge < -0.3 is 15.5 Å². The van der Waals surface area contributed by atoms with Crippen LogP contribution in [0.15, 0.2) is 66.3 Å². The number of carbonyl (C=O) groups is 1. The number of hydrogen-bond donors (Lipinski definition) is 2. The first kappa shape index (κ1) is 28.5. The van der Waals surface area contributed by atoms with E-state index < -0.39 is 21.0 Å². The van der Waals surface area contributed by atoms with Crippen molar-refractivity contribution in [3.8, 4) is 0 Å². The number of aromatic nitrogens is 3. The molecule has 11 heteroatoms. The molecule has 1 aliphatic carbocycles. The Hall–Kier alpha value is -3.50. The maximum Gasteiger partial charge on any atom is 0.254 e. The highest BCUT2D eigenvalue weighted by Gasteiger charge is 2.34. The van der Waals surface area contributed by atoms with Gasteiger partial charge in [-0.05, 0) is 56.4 Å². The monoisotopic (exact) mass is 568 g/mol. The summed E-state index contributed by atoms with van der Waals surface area (Å²) in [6.45, 7) is 5.65. The van der Waals surface area contributed by atoms with Gasteiger partial charge in [0, 0.05) is 49.2 Å². The normalized spacial score (nSPS) is 18.2. The Balaban J connectivity index is 1.44. The summed E-state index contributed by atoms with van der Waals surface area (Å²) in [7, 11) is -0.227. The number of nitrogens with one attached hydrogen (secondary N) is 2. The van der Waals surface area contributed by atoms with E-state index >= 15 is 0 Å². The minimum Gasteiger partial charge on any atom is -0.363 e. The summed E-state index contributed by atoms with van der Waals surface area (Å²) in [4.78, 5) is 28.4. The Bertz CT molecular complexity index is 1460. The van der Waals surface area contributed by atoms with Gasteiger partial charge in [-0.2, -0.15) is 4.98 Å². The number of benzene rings is 1. The van der Waals surface area contributed by atoms with Crippen molar-refractivity contribution >= 4 is 39.1 Å². The van der Waals surface area contributed by atoms with Gasteiger partial charge in [0.25, 0.3) is 5.91 Å². The third kappa shape index (κ3) is 6.57. The lowest BCUT2D eigenvalue weighted by Gasteiger charge is -2.30. The molecule has 0 spiro atoms. The number of rotatable bonds is 9. The van der Waals surface area contributed by atoms with Gasteiger partial charge in [0.15, 0.2) is 5.03 Å². The van der Waals surface area contributed by atoms with Crippen LogP contribution in [0.2, 0.25) is 5.02 Å². The molecular weight excluding hydrogens is 536 g/mol. The number of halogens is 1. The predicted molar refractivity (Wildman–Crippen MR) is 154 cm³/mol. The van der Waals surface area contributed by atoms with Gasteiger partial charge in [0.1, 0.15) is 11.1 Å². The molecule has 1 fully saturated rings. The van der Waals surface area contributed by atoms with Crippen molar-refractivity contribution in [3.63, 3.8) is 0 Å². The van der Waals surface area contributed by atoms with Crippen LogP contribution in [0.25, 0.3) is 0 Å². The maximum absolute atomic E-state index is 13.6. The Morgan fingerprint density at radius 2 is 1.79 bits per heavy atom. The molecule has 2 N–H and O–H groups in total. The van der Waals surface area contributed by atoms with Crippen LogP contribution in [0, 0.1) is 6.92 Å². The molecule has 206 valence electrons. The van der Waals surface area contributed by atoms with Crippen molar-refractivity contribution in [2.45, 2.75) is 55.0 Å². The van der Waals surface area contributed by atoms with Crippen LogP contribution in [-0.4, -0.2) is 55.5 Å². The van der Waals surface area contributed by atoms with Crippen molar-refractivity contribution in [1.29, 1.82) is 0 Å². The molecule has 0 radical (unpaired) electrons. The number of pyridine rings is 1. The fraction of sp³-hybridized carbons (Fsp3) is 0.357. The summed E-state index contributed by atoms with van der Waals surface area (Å²) in [5.41, 5.74) is 1.26. The summed E-state index contributed by atoms with van der Waals surface area (Å²) >= 11 is 6.29. The molecular formula is C28H33ClN6O3S. The van der Waals surface area contributed by atoms with Crippen LogP contribution in [-0.2, 0) is 9.84 Å². The number of amides is 1. The largest absolute Gasteiger partial charge is 0.363 e. The molecule has 1 aromatic carbocycles. The Kier molecular flexibility index (Phi) is 8.87. The van der Waals surface area contributed by atoms with E-state index in [1.807, 2.05) is 32.0 Å². The van der Waals surface area contributed by atoms with Crippen molar-refractivity contribution in [1.82, 2.24) is 20.3 Å². The van der Waals surface area contributed by atoms with Crippen LogP contribution in [0.3, 0.4) is 0 Å². The standard InChI is InChI=1S/C28H33ClN6O3S/c1-5-24(21-9-6-7-11-23(21)29)39(37,38)27-22(10-8-16-30-27)26(36)32-19-12-14-20(15-13-19)33-28-31-18(2)17-25(34-28)35(3)4/h5-11,16-17,19-20,24H,1,12-15H2,2-4H3,(H,32,36)(H,31,33,34). The highest BCUT2D eigenvalue weighted by Crippen LogP contribution is 2.34. The molecule has 2 aromatic heterocycles. The number of carbonyl (C=O) groups excluding carboxylic acids is 1. The molecule has 1 amide bonds. The van der Waals surface area contributed by atoms with E-state index in [-0.39, 0.29) is 22.7 Å². The lowest BCUT2D eigenvalue weighted by molar-refractivity contribution is 0.0922. The van der Waals surface area contributed by atoms with E-state index in [9.17, 15) is 13.2 Å². The third-order valence-electron chi connectivity index (χ3n) is 6.74. The molecule has 4 rings (SSSR count). The third-order valence-corrected chi connectivity index (χ3v) is 9.06. The fourth-order valence-corrected chi connectivity index (χ4v) is 6.74. The lowest BCUT2D eigenvalue weighted by atomic mass is 9.91. The molecule has 9 nitrogen and oxygen atoms in total. The molecule has 1 saturated carbocycles. The smallest absolute Gasteiger partial charge is 0.254 e. The Labute approximate surface area is 234 Å². The number of anilines is 2. The quantitative estimate of drug-likeness (QED) is 0.355. The number of hydrogen-bond acceptors (Lipinski definition) is 8. The summed E-state index contributed by atoms with van der Waals surface area (Å²) in [6, 6.07) is 11.7. The summed E-state index contributed by atoms with van der Waals surface area (Å²) < 4.78 is 27.3. The molecule has 3 aromatic rings. The molecule has 1 atom stereocenters. The second-order valence-electron chi connectivity index (χ2n) is 9.83. The molecule has 0 bridgehead atoms. The molecule has 2 heterocycles. The van der Waals surface area contributed by atoms with Gasteiger partial charge in [0.05, 0.1) is 5.56 Å². The minimum absolute atomic E-state index is 0.000952. The van der Waals surface area contributed by atoms with E-state index in [1.165, 1.54) is 18.3 Å². The Morgan fingerprint density at radius 1 is 1.10 bits per heavy atom. The molecule has 39 heavy (non-hydrogen) atoms. The average Bonchev–Trinajstić information content (AvgIpc) is 2.91. The maximum atomic E-state index is 13.6. The first-order valence-corrected chi connectivity index (χ1v) is 14.7. The van der Waals surface area contributed by atoms with Gasteiger partial charge in [-0.25, -0.2) is 18.4 Å². The molecule has 0 saturated heterocycles. The van der Waals surface area contributed by atoms with Gasteiger partial charge in [-0.3, -0.25) is 4.79 Å². The second-order valence-corrected chi connectivity index (χ2v) is 12.2. The van der Waals surface area contributed by atoms with Gasteiger partial charge in [-0.15, -0.1) is 6.58 Å². The van der Waals surface area contributed by atoms with E-state index in [2.05, 4.69) is 32.2 Å². The zero-order chi connectivity index (χ0) is 28.2. The summed E-state index contributed by atoms with van der Waals surface area (Å²) in [5.74, 6) is 0.950. The van der Waals surface area contributed by atoms with Crippen LogP contribution in [0.5, 0.6) is 0 Å². The SMILES string of the molecule is C=CC(c1ccccc1Cl)S(=O)(=O)c1ncccc1C(=O)NC1CCC(Nc2nc(C)cc(N(C)C)n2)CC1. The predicted octanol–water partition coefficient (Wildman–Crippen LogP) is 4.75. The van der Waals surface area contributed by atoms with Crippen LogP contribution in [0.4, 0.5) is 11.8 Å². The van der Waals surface area contributed by atoms with Gasteiger partial charge in [0.2, 0.25) is 15.8 Å². The topological polar surface area (TPSA) is 117 Å². The number of nitrogens with zero attached hydrogens (tertiary/aromatic N) is 4. The molecule has 1 unspecified atom stereocenters. The van der Waals surface area contributed by atoms with Crippen molar-refractivity contribution in [3.05, 3.63) is 83.2 Å². The second kappa shape index (κ2) is 12.1. The van der Waals surface area contributed by atoms with Gasteiger partial charge in [-0.1, -0.05) is 35.9 Å². The summed E-state index contributed by atoms with van der Waals surface area (Å²) in [5, 5.41) is 5.29. The highest BCUT2D eigenvalue weighted by molar-refractivity contribution is 7.91. The van der Waals surface area contributed by atoms with Crippen LogP contribution in [0.1, 0.15) is 52.5 Å². The number of aryl methyl sites for hydroxylation is 1.